The van der Waals surface area contributed by atoms with Crippen LogP contribution in [0, 0.1) is 0 Å². The molecule has 17 heavy (non-hydrogen) atoms. The Bertz CT molecular complexity index is 511. The van der Waals surface area contributed by atoms with Crippen LogP contribution < -0.4 is 10.6 Å². The van der Waals surface area contributed by atoms with Crippen molar-refractivity contribution >= 4 is 11.3 Å². The molecule has 1 fully saturated rings. The monoisotopic (exact) mass is 230 g/mol. The Morgan fingerprint density at radius 3 is 2.82 bits per heavy atom. The maximum atomic E-state index is 5.65. The van der Waals surface area contributed by atoms with E-state index < -0.39 is 0 Å². The zero-order valence-electron chi connectivity index (χ0n) is 9.97. The Morgan fingerprint density at radius 2 is 2.06 bits per heavy atom. The number of imidazole rings is 1. The zero-order chi connectivity index (χ0) is 11.7. The molecule has 0 unspecified atom stereocenters. The third kappa shape index (κ3) is 1.78. The van der Waals surface area contributed by atoms with Crippen LogP contribution in [0.4, 0.5) is 5.82 Å². The van der Waals surface area contributed by atoms with Gasteiger partial charge in [-0.1, -0.05) is 6.07 Å². The number of nitrogens with two attached hydrogens (primary N) is 1. The van der Waals surface area contributed by atoms with E-state index in [4.69, 9.17) is 5.73 Å². The van der Waals surface area contributed by atoms with Gasteiger partial charge in [-0.25, -0.2) is 4.98 Å². The number of aromatic nitrogens is 2. The number of hydrogen-bond donors (Lipinski definition) is 1. The second kappa shape index (κ2) is 4.37. The van der Waals surface area contributed by atoms with Crippen molar-refractivity contribution in [2.75, 3.05) is 24.5 Å². The van der Waals surface area contributed by atoms with Gasteiger partial charge in [0, 0.05) is 19.5 Å². The summed E-state index contributed by atoms with van der Waals surface area (Å²) in [6.45, 7) is 2.95. The Balaban J connectivity index is 2.11. The molecule has 1 saturated heterocycles. The number of anilines is 1. The summed E-state index contributed by atoms with van der Waals surface area (Å²) in [7, 11) is 0. The summed E-state index contributed by atoms with van der Waals surface area (Å²) in [5.74, 6) is 2.34. The van der Waals surface area contributed by atoms with E-state index in [1.165, 1.54) is 18.7 Å². The molecule has 2 N–H and O–H groups in total. The molecule has 0 aromatic carbocycles. The molecule has 90 valence electrons. The largest absolute Gasteiger partial charge is 0.358 e. The number of pyridine rings is 1. The fourth-order valence-corrected chi connectivity index (χ4v) is 2.59. The number of fused-ring (bicyclic) bond motifs is 1. The lowest BCUT2D eigenvalue weighted by Gasteiger charge is -2.20. The summed E-state index contributed by atoms with van der Waals surface area (Å²) >= 11 is 0. The lowest BCUT2D eigenvalue weighted by Crippen LogP contribution is -2.21. The number of nitrogens with zero attached hydrogens (tertiary/aromatic N) is 3. The Morgan fingerprint density at radius 1 is 1.24 bits per heavy atom. The van der Waals surface area contributed by atoms with Crippen molar-refractivity contribution in [2.24, 2.45) is 5.73 Å². The minimum Gasteiger partial charge on any atom is -0.358 e. The molecule has 0 aliphatic carbocycles. The third-order valence-corrected chi connectivity index (χ3v) is 3.40. The van der Waals surface area contributed by atoms with Gasteiger partial charge in [0.05, 0.1) is 11.7 Å². The minimum absolute atomic E-state index is 0.646. The van der Waals surface area contributed by atoms with Crippen molar-refractivity contribution in [3.8, 4) is 0 Å². The average Bonchev–Trinajstić information content (AvgIpc) is 2.98. The van der Waals surface area contributed by atoms with Gasteiger partial charge in [-0.2, -0.15) is 0 Å². The van der Waals surface area contributed by atoms with Crippen LogP contribution in [0.1, 0.15) is 18.7 Å². The summed E-state index contributed by atoms with van der Waals surface area (Å²) in [5, 5.41) is 0. The van der Waals surface area contributed by atoms with Gasteiger partial charge in [0.2, 0.25) is 0 Å². The molecule has 1 aliphatic rings. The highest BCUT2D eigenvalue weighted by Crippen LogP contribution is 2.23. The Labute approximate surface area is 101 Å². The molecule has 3 rings (SSSR count). The highest BCUT2D eigenvalue weighted by Gasteiger charge is 2.16. The van der Waals surface area contributed by atoms with Gasteiger partial charge in [0.25, 0.3) is 0 Å². The van der Waals surface area contributed by atoms with Crippen LogP contribution in [0.2, 0.25) is 0 Å². The summed E-state index contributed by atoms with van der Waals surface area (Å²) in [4.78, 5) is 6.91. The van der Waals surface area contributed by atoms with Crippen LogP contribution in [0.3, 0.4) is 0 Å². The highest BCUT2D eigenvalue weighted by atomic mass is 15.2. The van der Waals surface area contributed by atoms with Crippen molar-refractivity contribution in [3.63, 3.8) is 0 Å². The predicted molar refractivity (Wildman–Crippen MR) is 69.4 cm³/mol. The summed E-state index contributed by atoms with van der Waals surface area (Å²) in [5.41, 5.74) is 6.81. The first-order chi connectivity index (χ1) is 8.40. The van der Waals surface area contributed by atoms with Gasteiger partial charge < -0.3 is 10.6 Å². The normalized spacial score (nSPS) is 15.9. The van der Waals surface area contributed by atoms with Gasteiger partial charge in [-0.05, 0) is 31.5 Å². The fourth-order valence-electron chi connectivity index (χ4n) is 2.59. The molecular formula is C13H18N4. The Kier molecular flexibility index (Phi) is 2.73. The molecule has 0 bridgehead atoms. The maximum absolute atomic E-state index is 5.65. The van der Waals surface area contributed by atoms with Crippen LogP contribution in [0.15, 0.2) is 24.4 Å². The zero-order valence-corrected chi connectivity index (χ0v) is 9.97. The number of hydrogen-bond acceptors (Lipinski definition) is 3. The third-order valence-electron chi connectivity index (χ3n) is 3.40. The molecule has 2 aromatic rings. The fraction of sp³-hybridized carbons (Fsp3) is 0.462. The first-order valence-corrected chi connectivity index (χ1v) is 6.30. The average molecular weight is 230 g/mol. The van der Waals surface area contributed by atoms with Gasteiger partial charge >= 0.3 is 0 Å². The standard InChI is InChI=1S/C13H18N4/c14-7-6-12-15-10-11-4-3-5-13(17(11)12)16-8-1-2-9-16/h3-5,10H,1-2,6-9,14H2. The highest BCUT2D eigenvalue weighted by molar-refractivity contribution is 5.56. The molecule has 2 aromatic heterocycles. The van der Waals surface area contributed by atoms with Crippen molar-refractivity contribution in [1.29, 1.82) is 0 Å². The molecule has 0 spiro atoms. The quantitative estimate of drug-likeness (QED) is 0.867. The second-order valence-electron chi connectivity index (χ2n) is 4.55. The van der Waals surface area contributed by atoms with E-state index in [0.29, 0.717) is 6.54 Å². The van der Waals surface area contributed by atoms with Crippen LogP contribution in [-0.2, 0) is 6.42 Å². The van der Waals surface area contributed by atoms with Crippen LogP contribution in [0.25, 0.3) is 5.52 Å². The second-order valence-corrected chi connectivity index (χ2v) is 4.55. The van der Waals surface area contributed by atoms with Crippen molar-refractivity contribution < 1.29 is 0 Å². The van der Waals surface area contributed by atoms with E-state index in [9.17, 15) is 0 Å². The molecule has 3 heterocycles. The van der Waals surface area contributed by atoms with Crippen LogP contribution in [0.5, 0.6) is 0 Å². The van der Waals surface area contributed by atoms with Crippen molar-refractivity contribution in [3.05, 3.63) is 30.2 Å². The maximum Gasteiger partial charge on any atom is 0.116 e. The Hall–Kier alpha value is -1.55. The van der Waals surface area contributed by atoms with E-state index in [1.807, 2.05) is 6.20 Å². The lowest BCUT2D eigenvalue weighted by atomic mass is 10.3. The first-order valence-electron chi connectivity index (χ1n) is 6.30. The topological polar surface area (TPSA) is 46.6 Å². The summed E-state index contributed by atoms with van der Waals surface area (Å²) in [6.07, 6.45) is 5.35. The molecule has 1 aliphatic heterocycles. The number of rotatable bonds is 3. The summed E-state index contributed by atoms with van der Waals surface area (Å²) in [6, 6.07) is 6.39. The van der Waals surface area contributed by atoms with E-state index in [0.717, 1.165) is 30.9 Å². The van der Waals surface area contributed by atoms with Gasteiger partial charge in [-0.15, -0.1) is 0 Å². The van der Waals surface area contributed by atoms with Crippen molar-refractivity contribution in [2.45, 2.75) is 19.3 Å². The molecule has 4 heteroatoms. The molecule has 0 amide bonds. The van der Waals surface area contributed by atoms with E-state index in [2.05, 4.69) is 32.5 Å². The predicted octanol–water partition coefficient (Wildman–Crippen LogP) is 1.44. The molecular weight excluding hydrogens is 212 g/mol. The van der Waals surface area contributed by atoms with Gasteiger partial charge in [0.15, 0.2) is 0 Å². The first kappa shape index (κ1) is 10.6. The molecule has 4 nitrogen and oxygen atoms in total. The molecule has 0 atom stereocenters. The SMILES string of the molecule is NCCc1ncc2cccc(N3CCCC3)n12. The van der Waals surface area contributed by atoms with Crippen LogP contribution >= 0.6 is 0 Å². The van der Waals surface area contributed by atoms with Gasteiger partial charge in [0.1, 0.15) is 11.6 Å². The van der Waals surface area contributed by atoms with E-state index in [1.54, 1.807) is 0 Å². The van der Waals surface area contributed by atoms with E-state index in [-0.39, 0.29) is 0 Å². The molecule has 0 saturated carbocycles. The van der Waals surface area contributed by atoms with Crippen molar-refractivity contribution in [1.82, 2.24) is 9.38 Å². The minimum atomic E-state index is 0.646. The lowest BCUT2D eigenvalue weighted by molar-refractivity contribution is 0.836. The van der Waals surface area contributed by atoms with Crippen LogP contribution in [-0.4, -0.2) is 29.0 Å². The summed E-state index contributed by atoms with van der Waals surface area (Å²) < 4.78 is 2.25. The molecule has 0 radical (unpaired) electrons. The van der Waals surface area contributed by atoms with Gasteiger partial charge in [-0.3, -0.25) is 4.40 Å². The smallest absolute Gasteiger partial charge is 0.116 e. The van der Waals surface area contributed by atoms with E-state index >= 15 is 0 Å².